The number of carbonyl (C=O) groups is 1. The summed E-state index contributed by atoms with van der Waals surface area (Å²) in [5.74, 6) is -0.451. The number of aromatic nitrogens is 1. The quantitative estimate of drug-likeness (QED) is 0.813. The molecule has 0 aromatic carbocycles. The van der Waals surface area contributed by atoms with Gasteiger partial charge in [0.05, 0.1) is 7.11 Å². The van der Waals surface area contributed by atoms with Crippen LogP contribution in [-0.4, -0.2) is 25.1 Å². The maximum Gasteiger partial charge on any atom is 0.351 e. The zero-order valence-corrected chi connectivity index (χ0v) is 12.2. The molecule has 96 valence electrons. The number of hydrogen-bond acceptors (Lipinski definition) is 6. The standard InChI is InChI=1S/C11H11ClN2O2S2/c1-14(5-7-3-4-17-6-7)11-13-9(12)8(18-11)10(15)16-2/h3-4,6H,5H2,1-2H3. The van der Waals surface area contributed by atoms with Crippen molar-refractivity contribution in [1.29, 1.82) is 0 Å². The molecule has 0 N–H and O–H groups in total. The molecule has 0 amide bonds. The Morgan fingerprint density at radius 2 is 2.39 bits per heavy atom. The van der Waals surface area contributed by atoms with Crippen LogP contribution in [0.4, 0.5) is 5.13 Å². The van der Waals surface area contributed by atoms with Gasteiger partial charge in [-0.3, -0.25) is 0 Å². The molecule has 0 fully saturated rings. The van der Waals surface area contributed by atoms with Crippen LogP contribution < -0.4 is 4.90 Å². The van der Waals surface area contributed by atoms with E-state index in [4.69, 9.17) is 11.6 Å². The molecule has 0 aliphatic carbocycles. The van der Waals surface area contributed by atoms with E-state index in [9.17, 15) is 4.79 Å². The number of esters is 1. The van der Waals surface area contributed by atoms with Crippen LogP contribution >= 0.6 is 34.3 Å². The highest BCUT2D eigenvalue weighted by molar-refractivity contribution is 7.18. The first-order valence-corrected chi connectivity index (χ1v) is 7.22. The van der Waals surface area contributed by atoms with Gasteiger partial charge in [0.2, 0.25) is 0 Å². The minimum atomic E-state index is -0.451. The van der Waals surface area contributed by atoms with E-state index in [0.29, 0.717) is 10.0 Å². The maximum absolute atomic E-state index is 11.4. The summed E-state index contributed by atoms with van der Waals surface area (Å²) in [6, 6.07) is 2.05. The molecule has 0 saturated carbocycles. The van der Waals surface area contributed by atoms with Crippen LogP contribution in [-0.2, 0) is 11.3 Å². The van der Waals surface area contributed by atoms with Crippen molar-refractivity contribution in [3.63, 3.8) is 0 Å². The molecule has 0 aliphatic rings. The fraction of sp³-hybridized carbons (Fsp3) is 0.273. The lowest BCUT2D eigenvalue weighted by Gasteiger charge is -2.14. The minimum Gasteiger partial charge on any atom is -0.465 e. The van der Waals surface area contributed by atoms with Crippen molar-refractivity contribution in [3.8, 4) is 0 Å². The average Bonchev–Trinajstić information content (AvgIpc) is 2.97. The van der Waals surface area contributed by atoms with Gasteiger partial charge in [-0.2, -0.15) is 11.3 Å². The summed E-state index contributed by atoms with van der Waals surface area (Å²) in [5, 5.41) is 5.00. The largest absolute Gasteiger partial charge is 0.465 e. The Morgan fingerprint density at radius 3 is 3.00 bits per heavy atom. The number of halogens is 1. The molecular weight excluding hydrogens is 292 g/mol. The SMILES string of the molecule is COC(=O)c1sc(N(C)Cc2ccsc2)nc1Cl. The molecule has 0 saturated heterocycles. The number of hydrogen-bond donors (Lipinski definition) is 0. The van der Waals surface area contributed by atoms with Gasteiger partial charge in [-0.1, -0.05) is 22.9 Å². The number of rotatable bonds is 4. The zero-order chi connectivity index (χ0) is 13.1. The van der Waals surface area contributed by atoms with Gasteiger partial charge in [0.25, 0.3) is 0 Å². The normalized spacial score (nSPS) is 10.4. The zero-order valence-electron chi connectivity index (χ0n) is 9.84. The van der Waals surface area contributed by atoms with Crippen molar-refractivity contribution in [1.82, 2.24) is 4.98 Å². The maximum atomic E-state index is 11.4. The van der Waals surface area contributed by atoms with Gasteiger partial charge in [0.1, 0.15) is 0 Å². The van der Waals surface area contributed by atoms with E-state index in [1.807, 2.05) is 17.3 Å². The molecule has 0 aliphatic heterocycles. The number of nitrogens with zero attached hydrogens (tertiary/aromatic N) is 2. The summed E-state index contributed by atoms with van der Waals surface area (Å²) in [7, 11) is 3.24. The molecule has 0 spiro atoms. The lowest BCUT2D eigenvalue weighted by atomic mass is 10.3. The fourth-order valence-electron chi connectivity index (χ4n) is 1.40. The lowest BCUT2D eigenvalue weighted by Crippen LogP contribution is -2.15. The van der Waals surface area contributed by atoms with Gasteiger partial charge in [-0.25, -0.2) is 9.78 Å². The van der Waals surface area contributed by atoms with Crippen molar-refractivity contribution < 1.29 is 9.53 Å². The van der Waals surface area contributed by atoms with Crippen molar-refractivity contribution in [2.24, 2.45) is 0 Å². The molecule has 2 aromatic heterocycles. The minimum absolute atomic E-state index is 0.194. The Labute approximate surface area is 118 Å². The number of methoxy groups -OCH3 is 1. The van der Waals surface area contributed by atoms with Crippen LogP contribution in [0.2, 0.25) is 5.15 Å². The van der Waals surface area contributed by atoms with Crippen LogP contribution in [0.15, 0.2) is 16.8 Å². The molecule has 2 rings (SSSR count). The van der Waals surface area contributed by atoms with Gasteiger partial charge in [0, 0.05) is 13.6 Å². The molecular formula is C11H11ClN2O2S2. The van der Waals surface area contributed by atoms with E-state index in [2.05, 4.69) is 21.2 Å². The van der Waals surface area contributed by atoms with Gasteiger partial charge in [-0.15, -0.1) is 0 Å². The number of anilines is 1. The smallest absolute Gasteiger partial charge is 0.351 e. The van der Waals surface area contributed by atoms with Crippen LogP contribution in [0.25, 0.3) is 0 Å². The fourth-order valence-corrected chi connectivity index (χ4v) is 3.22. The van der Waals surface area contributed by atoms with Crippen LogP contribution in [0.1, 0.15) is 15.2 Å². The summed E-state index contributed by atoms with van der Waals surface area (Å²) in [6.45, 7) is 0.730. The van der Waals surface area contributed by atoms with Crippen LogP contribution in [0, 0.1) is 0 Å². The number of ether oxygens (including phenoxy) is 1. The molecule has 2 heterocycles. The molecule has 0 radical (unpaired) electrons. The van der Waals surface area contributed by atoms with Crippen LogP contribution in [0.3, 0.4) is 0 Å². The number of thiophene rings is 1. The van der Waals surface area contributed by atoms with Gasteiger partial charge < -0.3 is 9.64 Å². The van der Waals surface area contributed by atoms with E-state index < -0.39 is 5.97 Å². The first-order valence-electron chi connectivity index (χ1n) is 5.08. The van der Waals surface area contributed by atoms with E-state index in [-0.39, 0.29) is 5.15 Å². The molecule has 0 unspecified atom stereocenters. The Bertz CT molecular complexity index is 539. The molecule has 7 heteroatoms. The number of thiazole rings is 1. The van der Waals surface area contributed by atoms with Gasteiger partial charge in [-0.05, 0) is 22.4 Å². The monoisotopic (exact) mass is 302 g/mol. The van der Waals surface area contributed by atoms with Crippen molar-refractivity contribution in [3.05, 3.63) is 32.4 Å². The average molecular weight is 303 g/mol. The van der Waals surface area contributed by atoms with E-state index >= 15 is 0 Å². The second-order valence-electron chi connectivity index (χ2n) is 3.60. The summed E-state index contributed by atoms with van der Waals surface area (Å²) in [5.41, 5.74) is 1.20. The highest BCUT2D eigenvalue weighted by Crippen LogP contribution is 2.30. The van der Waals surface area contributed by atoms with Crippen LogP contribution in [0.5, 0.6) is 0 Å². The topological polar surface area (TPSA) is 42.4 Å². The highest BCUT2D eigenvalue weighted by Gasteiger charge is 2.19. The van der Waals surface area contributed by atoms with Gasteiger partial charge in [0.15, 0.2) is 15.2 Å². The second kappa shape index (κ2) is 5.69. The lowest BCUT2D eigenvalue weighted by molar-refractivity contribution is 0.0606. The van der Waals surface area contributed by atoms with E-state index in [1.165, 1.54) is 24.0 Å². The Morgan fingerprint density at radius 1 is 1.61 bits per heavy atom. The third-order valence-corrected chi connectivity index (χ3v) is 4.54. The van der Waals surface area contributed by atoms with Crippen molar-refractivity contribution in [2.45, 2.75) is 6.54 Å². The van der Waals surface area contributed by atoms with E-state index in [0.717, 1.165) is 6.54 Å². The first kappa shape index (κ1) is 13.3. The predicted molar refractivity (Wildman–Crippen MR) is 74.9 cm³/mol. The van der Waals surface area contributed by atoms with E-state index in [1.54, 1.807) is 11.3 Å². The summed E-state index contributed by atoms with van der Waals surface area (Å²) >= 11 is 8.80. The third-order valence-electron chi connectivity index (χ3n) is 2.27. The van der Waals surface area contributed by atoms with Crippen molar-refractivity contribution >= 4 is 45.4 Å². The Kier molecular flexibility index (Phi) is 4.21. The number of carbonyl (C=O) groups excluding carboxylic acids is 1. The van der Waals surface area contributed by atoms with Crippen molar-refractivity contribution in [2.75, 3.05) is 19.1 Å². The third kappa shape index (κ3) is 2.82. The first-order chi connectivity index (χ1) is 8.61. The Balaban J connectivity index is 2.16. The summed E-state index contributed by atoms with van der Waals surface area (Å²) < 4.78 is 4.65. The summed E-state index contributed by atoms with van der Waals surface area (Å²) in [4.78, 5) is 17.9. The molecule has 0 bridgehead atoms. The predicted octanol–water partition coefficient (Wildman–Crippen LogP) is 3.28. The molecule has 4 nitrogen and oxygen atoms in total. The summed E-state index contributed by atoms with van der Waals surface area (Å²) in [6.07, 6.45) is 0. The molecule has 0 atom stereocenters. The Hall–Kier alpha value is -1.11. The van der Waals surface area contributed by atoms with Gasteiger partial charge >= 0.3 is 5.97 Å². The molecule has 18 heavy (non-hydrogen) atoms. The second-order valence-corrected chi connectivity index (χ2v) is 5.71. The molecule has 2 aromatic rings. The highest BCUT2D eigenvalue weighted by atomic mass is 35.5.